The molecule has 0 atom stereocenters. The van der Waals surface area contributed by atoms with Crippen LogP contribution >= 0.6 is 0 Å². The van der Waals surface area contributed by atoms with Crippen LogP contribution in [0, 0.1) is 0 Å². The zero-order valence-corrected chi connectivity index (χ0v) is 22.8. The molecule has 0 radical (unpaired) electrons. The molecule has 202 valence electrons. The summed E-state index contributed by atoms with van der Waals surface area (Å²) in [5.74, 6) is 0.517. The molecule has 3 aromatic carbocycles. The maximum Gasteiger partial charge on any atom is 0.221 e. The van der Waals surface area contributed by atoms with Gasteiger partial charge in [-0.25, -0.2) is 0 Å². The summed E-state index contributed by atoms with van der Waals surface area (Å²) in [7, 11) is 0. The van der Waals surface area contributed by atoms with Gasteiger partial charge in [-0.15, -0.1) is 0 Å². The number of aromatic hydroxyl groups is 1. The number of unbranched alkanes of at least 4 members (excludes halogenated alkanes) is 11. The minimum atomic E-state index is -0.435. The molecule has 0 aliphatic rings. The normalized spacial score (nSPS) is 10.9. The molecule has 0 saturated heterocycles. The van der Waals surface area contributed by atoms with Crippen molar-refractivity contribution in [2.75, 3.05) is 0 Å². The average molecular weight is 515 g/mol. The van der Waals surface area contributed by atoms with Crippen molar-refractivity contribution in [1.29, 1.82) is 0 Å². The Balaban J connectivity index is 1.46. The highest BCUT2D eigenvalue weighted by molar-refractivity contribution is 5.65. The van der Waals surface area contributed by atoms with Gasteiger partial charge in [0.25, 0.3) is 0 Å². The third-order valence-electron chi connectivity index (χ3n) is 6.94. The summed E-state index contributed by atoms with van der Waals surface area (Å²) in [6.45, 7) is 2.26. The molecule has 0 saturated carbocycles. The van der Waals surface area contributed by atoms with E-state index in [0.717, 1.165) is 29.5 Å². The summed E-state index contributed by atoms with van der Waals surface area (Å²) in [5.41, 5.74) is 2.12. The first-order valence-corrected chi connectivity index (χ1v) is 14.3. The van der Waals surface area contributed by atoms with Crippen LogP contribution in [0.25, 0.3) is 11.1 Å². The summed E-state index contributed by atoms with van der Waals surface area (Å²) in [6, 6.07) is 20.6. The molecule has 0 bridgehead atoms. The molecule has 0 aromatic heterocycles. The maximum absolute atomic E-state index is 12.6. The molecule has 4 nitrogen and oxygen atoms in total. The Hall–Kier alpha value is -3.40. The standard InChI is InChI=1S/C34H42O4/c1-2-3-4-5-6-7-8-9-10-11-12-13-15-27-18-22-33(37)34(25-19-27)38-30-17-14-16-29(26-30)28-20-23-31(35)32(36)24-21-28/h14,16-26H,2-13,15H2,1H3,(H,35,36). The van der Waals surface area contributed by atoms with E-state index in [9.17, 15) is 14.7 Å². The lowest BCUT2D eigenvalue weighted by molar-refractivity contribution is 0.471. The van der Waals surface area contributed by atoms with Gasteiger partial charge in [0, 0.05) is 0 Å². The zero-order valence-electron chi connectivity index (χ0n) is 22.8. The molecule has 0 heterocycles. The van der Waals surface area contributed by atoms with E-state index in [1.165, 1.54) is 82.8 Å². The van der Waals surface area contributed by atoms with Crippen LogP contribution in [0.4, 0.5) is 0 Å². The molecule has 3 aromatic rings. The summed E-state index contributed by atoms with van der Waals surface area (Å²) < 4.78 is 5.95. The van der Waals surface area contributed by atoms with Crippen LogP contribution in [0.15, 0.2) is 82.4 Å². The van der Waals surface area contributed by atoms with Crippen molar-refractivity contribution in [2.24, 2.45) is 0 Å². The molecule has 0 aliphatic carbocycles. The van der Waals surface area contributed by atoms with Crippen LogP contribution in [-0.2, 0) is 6.42 Å². The minimum absolute atomic E-state index is 0.164. The highest BCUT2D eigenvalue weighted by Crippen LogP contribution is 2.26. The van der Waals surface area contributed by atoms with E-state index in [1.54, 1.807) is 30.3 Å². The van der Waals surface area contributed by atoms with E-state index in [-0.39, 0.29) is 16.9 Å². The van der Waals surface area contributed by atoms with Crippen molar-refractivity contribution in [2.45, 2.75) is 90.4 Å². The van der Waals surface area contributed by atoms with Crippen LogP contribution in [0.5, 0.6) is 17.2 Å². The first kappa shape index (κ1) is 29.2. The van der Waals surface area contributed by atoms with Gasteiger partial charge in [-0.1, -0.05) is 114 Å². The highest BCUT2D eigenvalue weighted by atomic mass is 16.5. The molecule has 0 aliphatic heterocycles. The molecule has 1 N–H and O–H groups in total. The van der Waals surface area contributed by atoms with E-state index < -0.39 is 5.43 Å². The van der Waals surface area contributed by atoms with Crippen molar-refractivity contribution >= 4 is 0 Å². The van der Waals surface area contributed by atoms with Gasteiger partial charge in [0.15, 0.2) is 11.5 Å². The van der Waals surface area contributed by atoms with E-state index in [1.807, 2.05) is 30.3 Å². The van der Waals surface area contributed by atoms with Crippen LogP contribution in [0.1, 0.15) is 89.5 Å². The van der Waals surface area contributed by atoms with E-state index >= 15 is 0 Å². The molecule has 38 heavy (non-hydrogen) atoms. The van der Waals surface area contributed by atoms with E-state index in [0.29, 0.717) is 5.75 Å². The monoisotopic (exact) mass is 514 g/mol. The van der Waals surface area contributed by atoms with E-state index in [4.69, 9.17) is 4.74 Å². The first-order valence-electron chi connectivity index (χ1n) is 14.3. The quantitative estimate of drug-likeness (QED) is 0.194. The Kier molecular flexibility index (Phi) is 12.6. The summed E-state index contributed by atoms with van der Waals surface area (Å²) in [4.78, 5) is 24.3. The van der Waals surface area contributed by atoms with Crippen LogP contribution in [0.3, 0.4) is 0 Å². The Morgan fingerprint density at radius 2 is 1.21 bits per heavy atom. The predicted octanol–water partition coefficient (Wildman–Crippen LogP) is 8.82. The van der Waals surface area contributed by atoms with Crippen molar-refractivity contribution in [3.8, 4) is 28.4 Å². The molecule has 4 heteroatoms. The molecule has 3 rings (SSSR count). The predicted molar refractivity (Wildman–Crippen MR) is 157 cm³/mol. The second kappa shape index (κ2) is 16.4. The van der Waals surface area contributed by atoms with Gasteiger partial charge in [-0.2, -0.15) is 0 Å². The number of benzene rings is 1. The fourth-order valence-corrected chi connectivity index (χ4v) is 4.62. The summed E-state index contributed by atoms with van der Waals surface area (Å²) >= 11 is 0. The van der Waals surface area contributed by atoms with Crippen LogP contribution in [0.2, 0.25) is 0 Å². The van der Waals surface area contributed by atoms with Crippen molar-refractivity contribution in [3.05, 3.63) is 98.8 Å². The Morgan fingerprint density at radius 3 is 1.92 bits per heavy atom. The third-order valence-corrected chi connectivity index (χ3v) is 6.94. The number of hydrogen-bond acceptors (Lipinski definition) is 4. The SMILES string of the molecule is CCCCCCCCCCCCCCc1ccc(Oc2cccc(-c3ccc(O)c(=O)cc3)c2)c(=O)cc1. The van der Waals surface area contributed by atoms with Gasteiger partial charge in [-0.05, 0) is 65.9 Å². The smallest absolute Gasteiger partial charge is 0.221 e. The Labute approximate surface area is 227 Å². The fraction of sp³-hybridized carbons (Fsp3) is 0.412. The van der Waals surface area contributed by atoms with Crippen LogP contribution < -0.4 is 15.6 Å². The number of ether oxygens (including phenoxy) is 1. The third kappa shape index (κ3) is 10.2. The number of rotatable bonds is 16. The summed E-state index contributed by atoms with van der Waals surface area (Å²) in [6.07, 6.45) is 16.9. The molecular weight excluding hydrogens is 472 g/mol. The molecule has 0 amide bonds. The largest absolute Gasteiger partial charge is 0.504 e. The van der Waals surface area contributed by atoms with Crippen molar-refractivity contribution in [3.63, 3.8) is 0 Å². The average Bonchev–Trinajstić information content (AvgIpc) is 3.20. The lowest BCUT2D eigenvalue weighted by atomic mass is 10.0. The fourth-order valence-electron chi connectivity index (χ4n) is 4.62. The molecule has 0 spiro atoms. The lowest BCUT2D eigenvalue weighted by Gasteiger charge is -2.06. The maximum atomic E-state index is 12.6. The minimum Gasteiger partial charge on any atom is -0.504 e. The first-order chi connectivity index (χ1) is 18.6. The van der Waals surface area contributed by atoms with Gasteiger partial charge in [0.2, 0.25) is 10.9 Å². The van der Waals surface area contributed by atoms with Gasteiger partial charge in [0.1, 0.15) is 5.75 Å². The van der Waals surface area contributed by atoms with Gasteiger partial charge in [0.05, 0.1) is 0 Å². The van der Waals surface area contributed by atoms with Crippen molar-refractivity contribution < 1.29 is 9.84 Å². The second-order valence-corrected chi connectivity index (χ2v) is 10.1. The lowest BCUT2D eigenvalue weighted by Crippen LogP contribution is -1.99. The van der Waals surface area contributed by atoms with Gasteiger partial charge >= 0.3 is 0 Å². The topological polar surface area (TPSA) is 63.6 Å². The van der Waals surface area contributed by atoms with Crippen molar-refractivity contribution in [1.82, 2.24) is 0 Å². The molecular formula is C34H42O4. The summed E-state index contributed by atoms with van der Waals surface area (Å²) in [5, 5.41) is 9.65. The zero-order chi connectivity index (χ0) is 27.0. The number of hydrogen-bond donors (Lipinski definition) is 1. The Morgan fingerprint density at radius 1 is 0.605 bits per heavy atom. The molecule has 0 fully saturated rings. The van der Waals surface area contributed by atoms with Gasteiger partial charge in [-0.3, -0.25) is 9.59 Å². The van der Waals surface area contributed by atoms with Crippen LogP contribution in [-0.4, -0.2) is 5.11 Å². The second-order valence-electron chi connectivity index (χ2n) is 10.1. The molecule has 0 unspecified atom stereocenters. The van der Waals surface area contributed by atoms with Gasteiger partial charge < -0.3 is 9.84 Å². The Bertz CT molecular complexity index is 1250. The number of aryl methyl sites for hydroxylation is 1. The van der Waals surface area contributed by atoms with E-state index in [2.05, 4.69) is 6.92 Å². The highest BCUT2D eigenvalue weighted by Gasteiger charge is 2.05.